The Morgan fingerprint density at radius 2 is 1.41 bits per heavy atom. The number of methoxy groups -OCH3 is 1. The van der Waals surface area contributed by atoms with Crippen molar-refractivity contribution in [2.45, 2.75) is 20.0 Å². The van der Waals surface area contributed by atoms with Gasteiger partial charge in [0.1, 0.15) is 6.10 Å². The van der Waals surface area contributed by atoms with E-state index < -0.39 is 0 Å². The zero-order valence-electron chi connectivity index (χ0n) is 17.7. The van der Waals surface area contributed by atoms with Crippen molar-refractivity contribution in [3.63, 3.8) is 0 Å². The van der Waals surface area contributed by atoms with E-state index in [1.807, 2.05) is 0 Å². The Labute approximate surface area is 164 Å². The summed E-state index contributed by atoms with van der Waals surface area (Å²) in [5, 5.41) is 0. The molecular formula is C24H32N2O. The molecule has 2 aromatic carbocycles. The molecule has 144 valence electrons. The third kappa shape index (κ3) is 5.48. The fraction of sp³-hybridized carbons (Fsp3) is 0.333. The summed E-state index contributed by atoms with van der Waals surface area (Å²) in [5.41, 5.74) is 7.34. The lowest BCUT2D eigenvalue weighted by Gasteiger charge is -2.18. The predicted molar refractivity (Wildman–Crippen MR) is 119 cm³/mol. The van der Waals surface area contributed by atoms with Gasteiger partial charge < -0.3 is 14.5 Å². The highest BCUT2D eigenvalue weighted by Gasteiger charge is 2.10. The minimum atomic E-state index is -0.0527. The molecule has 27 heavy (non-hydrogen) atoms. The Morgan fingerprint density at radius 1 is 0.815 bits per heavy atom. The monoisotopic (exact) mass is 364 g/mol. The van der Waals surface area contributed by atoms with Crippen LogP contribution in [-0.4, -0.2) is 35.3 Å². The molecule has 0 radical (unpaired) electrons. The number of benzene rings is 2. The van der Waals surface area contributed by atoms with Gasteiger partial charge in [-0.15, -0.1) is 0 Å². The number of rotatable bonds is 7. The van der Waals surface area contributed by atoms with E-state index in [4.69, 9.17) is 4.74 Å². The third-order valence-corrected chi connectivity index (χ3v) is 4.77. The summed E-state index contributed by atoms with van der Waals surface area (Å²) < 4.78 is 5.70. The van der Waals surface area contributed by atoms with Crippen LogP contribution in [0.5, 0.6) is 0 Å². The first-order valence-corrected chi connectivity index (χ1v) is 9.27. The molecule has 3 nitrogen and oxygen atoms in total. The molecule has 0 amide bonds. The van der Waals surface area contributed by atoms with Crippen molar-refractivity contribution in [2.24, 2.45) is 0 Å². The van der Waals surface area contributed by atoms with Crippen molar-refractivity contribution in [1.29, 1.82) is 0 Å². The lowest BCUT2D eigenvalue weighted by molar-refractivity contribution is 0.142. The minimum absolute atomic E-state index is 0.0527. The number of hydrogen-bond donors (Lipinski definition) is 0. The number of aryl methyl sites for hydroxylation is 2. The van der Waals surface area contributed by atoms with Gasteiger partial charge in [-0.25, -0.2) is 0 Å². The van der Waals surface area contributed by atoms with Crippen molar-refractivity contribution in [3.8, 4) is 0 Å². The van der Waals surface area contributed by atoms with Crippen LogP contribution in [0.25, 0.3) is 6.08 Å². The first-order chi connectivity index (χ1) is 12.8. The van der Waals surface area contributed by atoms with E-state index in [1.165, 1.54) is 33.6 Å². The predicted octanol–water partition coefficient (Wildman–Crippen LogP) is 5.39. The molecule has 0 saturated carbocycles. The van der Waals surface area contributed by atoms with Gasteiger partial charge in [0.25, 0.3) is 0 Å². The Kier molecular flexibility index (Phi) is 7.26. The van der Waals surface area contributed by atoms with E-state index in [2.05, 4.69) is 113 Å². The maximum absolute atomic E-state index is 5.70. The molecule has 1 atom stereocenters. The summed E-state index contributed by atoms with van der Waals surface area (Å²) in [4.78, 5) is 4.23. The molecule has 0 aromatic heterocycles. The highest BCUT2D eigenvalue weighted by atomic mass is 16.5. The molecular weight excluding hydrogens is 332 g/mol. The van der Waals surface area contributed by atoms with Crippen LogP contribution in [0.15, 0.2) is 54.6 Å². The van der Waals surface area contributed by atoms with E-state index in [1.54, 1.807) is 7.11 Å². The number of ether oxygens (including phenoxy) is 1. The number of nitrogens with zero attached hydrogens (tertiary/aromatic N) is 2. The zero-order valence-corrected chi connectivity index (χ0v) is 17.7. The minimum Gasteiger partial charge on any atom is -0.378 e. The van der Waals surface area contributed by atoms with E-state index in [9.17, 15) is 0 Å². The summed E-state index contributed by atoms with van der Waals surface area (Å²) in [6.45, 7) is 4.28. The van der Waals surface area contributed by atoms with Gasteiger partial charge in [-0.1, -0.05) is 36.4 Å². The van der Waals surface area contributed by atoms with Gasteiger partial charge in [0, 0.05) is 46.7 Å². The van der Waals surface area contributed by atoms with Crippen molar-refractivity contribution < 1.29 is 4.74 Å². The van der Waals surface area contributed by atoms with E-state index >= 15 is 0 Å². The molecule has 0 fully saturated rings. The summed E-state index contributed by atoms with van der Waals surface area (Å²) >= 11 is 0. The second-order valence-electron chi connectivity index (χ2n) is 7.27. The van der Waals surface area contributed by atoms with Crippen LogP contribution in [0.4, 0.5) is 11.4 Å². The van der Waals surface area contributed by atoms with Crippen LogP contribution in [0.1, 0.15) is 28.4 Å². The van der Waals surface area contributed by atoms with Crippen LogP contribution in [0, 0.1) is 13.8 Å². The molecule has 3 heteroatoms. The maximum Gasteiger partial charge on any atom is 0.101 e. The summed E-state index contributed by atoms with van der Waals surface area (Å²) in [6.07, 6.45) is 8.32. The van der Waals surface area contributed by atoms with Gasteiger partial charge in [0.2, 0.25) is 0 Å². The lowest BCUT2D eigenvalue weighted by atomic mass is 10.0. The summed E-state index contributed by atoms with van der Waals surface area (Å²) in [7, 11) is 9.98. The standard InChI is InChI=1S/C24H32N2O/c1-18-16-21(25(3)4)13-12-20(18)10-8-9-11-24(27-7)23-15-14-22(26(5)6)17-19(23)2/h8-17,24H,1-7H3. The van der Waals surface area contributed by atoms with Crippen molar-refractivity contribution in [3.05, 3.63) is 76.9 Å². The van der Waals surface area contributed by atoms with Crippen molar-refractivity contribution in [2.75, 3.05) is 45.1 Å². The van der Waals surface area contributed by atoms with Crippen LogP contribution in [0.2, 0.25) is 0 Å². The van der Waals surface area contributed by atoms with Crippen LogP contribution >= 0.6 is 0 Å². The smallest absolute Gasteiger partial charge is 0.101 e. The maximum atomic E-state index is 5.70. The molecule has 2 aromatic rings. The first kappa shape index (κ1) is 20.8. The highest BCUT2D eigenvalue weighted by molar-refractivity contribution is 5.60. The summed E-state index contributed by atoms with van der Waals surface area (Å²) in [5.74, 6) is 0. The average Bonchev–Trinajstić information content (AvgIpc) is 2.63. The lowest BCUT2D eigenvalue weighted by Crippen LogP contribution is -2.09. The van der Waals surface area contributed by atoms with Gasteiger partial charge in [-0.2, -0.15) is 0 Å². The van der Waals surface area contributed by atoms with Crippen LogP contribution < -0.4 is 9.80 Å². The zero-order chi connectivity index (χ0) is 20.0. The highest BCUT2D eigenvalue weighted by Crippen LogP contribution is 2.26. The van der Waals surface area contributed by atoms with Crippen molar-refractivity contribution >= 4 is 17.5 Å². The van der Waals surface area contributed by atoms with Crippen LogP contribution in [-0.2, 0) is 4.74 Å². The molecule has 2 rings (SSSR count). The van der Waals surface area contributed by atoms with Gasteiger partial charge in [0.05, 0.1) is 0 Å². The largest absolute Gasteiger partial charge is 0.378 e. The molecule has 0 aliphatic carbocycles. The second kappa shape index (κ2) is 9.43. The summed E-state index contributed by atoms with van der Waals surface area (Å²) in [6, 6.07) is 13.0. The third-order valence-electron chi connectivity index (χ3n) is 4.77. The Balaban J connectivity index is 2.13. The molecule has 1 unspecified atom stereocenters. The number of hydrogen-bond acceptors (Lipinski definition) is 3. The first-order valence-electron chi connectivity index (χ1n) is 9.27. The Morgan fingerprint density at radius 3 is 1.93 bits per heavy atom. The number of allylic oxidation sites excluding steroid dienone is 2. The molecule has 0 aliphatic heterocycles. The van der Waals surface area contributed by atoms with Gasteiger partial charge in [-0.3, -0.25) is 0 Å². The topological polar surface area (TPSA) is 15.7 Å². The fourth-order valence-electron chi connectivity index (χ4n) is 3.02. The molecule has 0 bridgehead atoms. The Hall–Kier alpha value is -2.52. The van der Waals surface area contributed by atoms with E-state index in [0.29, 0.717) is 0 Å². The SMILES string of the molecule is COC(C=CC=Cc1ccc(N(C)C)cc1C)c1ccc(N(C)C)cc1C. The van der Waals surface area contributed by atoms with Gasteiger partial charge in [-0.05, 0) is 60.4 Å². The molecule has 0 spiro atoms. The van der Waals surface area contributed by atoms with Gasteiger partial charge in [0.15, 0.2) is 0 Å². The molecule has 0 heterocycles. The average molecular weight is 365 g/mol. The Bertz CT molecular complexity index is 819. The van der Waals surface area contributed by atoms with Crippen molar-refractivity contribution in [1.82, 2.24) is 0 Å². The molecule has 0 N–H and O–H groups in total. The second-order valence-corrected chi connectivity index (χ2v) is 7.27. The molecule has 0 saturated heterocycles. The van der Waals surface area contributed by atoms with E-state index in [0.717, 1.165) is 0 Å². The van der Waals surface area contributed by atoms with E-state index in [-0.39, 0.29) is 6.10 Å². The fourth-order valence-corrected chi connectivity index (χ4v) is 3.02. The number of anilines is 2. The molecule has 0 aliphatic rings. The van der Waals surface area contributed by atoms with Gasteiger partial charge >= 0.3 is 0 Å². The normalized spacial score (nSPS) is 12.7. The van der Waals surface area contributed by atoms with Crippen LogP contribution in [0.3, 0.4) is 0 Å². The quantitative estimate of drug-likeness (QED) is 0.612.